The molecule has 0 bridgehead atoms. The van der Waals surface area contributed by atoms with Crippen LogP contribution in [0.25, 0.3) is 4.85 Å². The minimum Gasteiger partial charge on any atom is -0.492 e. The number of fused-ring (bicyclic) bond motifs is 3. The third kappa shape index (κ3) is 4.45. The molecule has 0 radical (unpaired) electrons. The second-order valence-corrected chi connectivity index (χ2v) is 10.1. The smallest absolute Gasteiger partial charge is 0.492 e. The van der Waals surface area contributed by atoms with Crippen molar-refractivity contribution in [2.24, 2.45) is 11.0 Å². The zero-order valence-electron chi connectivity index (χ0n) is 18.4. The molecule has 5 rings (SSSR count). The Hall–Kier alpha value is -3.82. The zero-order valence-corrected chi connectivity index (χ0v) is 20.0. The monoisotopic (exact) mass is 551 g/mol. The number of alkyl halides is 3. The fraction of sp³-hybridized carbons (Fsp3) is 0.167. The Labute approximate surface area is 213 Å². The van der Waals surface area contributed by atoms with E-state index in [1.54, 1.807) is 35.3 Å². The molecule has 7 nitrogen and oxygen atoms in total. The first-order chi connectivity index (χ1) is 17.5. The van der Waals surface area contributed by atoms with Gasteiger partial charge in [-0.25, -0.2) is 9.24 Å². The van der Waals surface area contributed by atoms with E-state index in [1.165, 1.54) is 18.2 Å². The van der Waals surface area contributed by atoms with Gasteiger partial charge in [-0.1, -0.05) is 29.8 Å². The standard InChI is InChI=1S/C24H14ClF4N3O4S/c1-30-20-9-6-15(10-19(20)25)32-23(13-2-4-14(26)5-3-13)18-12-35-21-11-16(7-8-17(21)22(18)31-32)36-37(33,34)24(27,28)29/h2-11,18,23H,12H2. The lowest BCUT2D eigenvalue weighted by Gasteiger charge is -2.31. The van der Waals surface area contributed by atoms with Gasteiger partial charge in [0.15, 0.2) is 0 Å². The summed E-state index contributed by atoms with van der Waals surface area (Å²) in [6, 6.07) is 13.6. The summed E-state index contributed by atoms with van der Waals surface area (Å²) in [5.74, 6) is -1.29. The molecule has 0 saturated carbocycles. The van der Waals surface area contributed by atoms with Crippen molar-refractivity contribution in [3.63, 3.8) is 0 Å². The second-order valence-electron chi connectivity index (χ2n) is 8.13. The van der Waals surface area contributed by atoms with Gasteiger partial charge in [0.25, 0.3) is 0 Å². The Balaban J connectivity index is 1.57. The lowest BCUT2D eigenvalue weighted by atomic mass is 9.85. The fourth-order valence-electron chi connectivity index (χ4n) is 4.22. The van der Waals surface area contributed by atoms with Crippen molar-refractivity contribution in [1.29, 1.82) is 0 Å². The predicted octanol–water partition coefficient (Wildman–Crippen LogP) is 6.23. The molecule has 2 aliphatic rings. The highest BCUT2D eigenvalue weighted by Gasteiger charge is 2.49. The molecule has 190 valence electrons. The first kappa shape index (κ1) is 24.9. The largest absolute Gasteiger partial charge is 0.534 e. The van der Waals surface area contributed by atoms with Crippen LogP contribution in [0.3, 0.4) is 0 Å². The molecule has 13 heteroatoms. The SMILES string of the molecule is [C-]#[N+]c1ccc(N2N=C3c4ccc(OS(=O)(=O)C(F)(F)F)cc4OCC3C2c2ccc(F)cc2)cc1Cl. The van der Waals surface area contributed by atoms with Crippen molar-refractivity contribution >= 4 is 38.8 Å². The summed E-state index contributed by atoms with van der Waals surface area (Å²) in [5.41, 5.74) is -3.14. The van der Waals surface area contributed by atoms with Gasteiger partial charge in [0.05, 0.1) is 36.5 Å². The van der Waals surface area contributed by atoms with Crippen LogP contribution in [-0.2, 0) is 10.1 Å². The summed E-state index contributed by atoms with van der Waals surface area (Å²) in [6.07, 6.45) is 0. The molecule has 0 spiro atoms. The molecular weight excluding hydrogens is 538 g/mol. The van der Waals surface area contributed by atoms with Gasteiger partial charge >= 0.3 is 15.6 Å². The van der Waals surface area contributed by atoms with Crippen molar-refractivity contribution < 1.29 is 34.9 Å². The van der Waals surface area contributed by atoms with Gasteiger partial charge < -0.3 is 8.92 Å². The molecule has 0 saturated heterocycles. The number of rotatable bonds is 4. The van der Waals surface area contributed by atoms with Crippen LogP contribution in [0.1, 0.15) is 17.2 Å². The van der Waals surface area contributed by atoms with Crippen molar-refractivity contribution in [3.8, 4) is 11.5 Å². The molecule has 0 aliphatic carbocycles. The number of nitrogens with zero attached hydrogens (tertiary/aromatic N) is 3. The Kier molecular flexibility index (Phi) is 6.00. The van der Waals surface area contributed by atoms with Crippen LogP contribution in [0.2, 0.25) is 5.02 Å². The zero-order chi connectivity index (χ0) is 26.5. The molecule has 2 heterocycles. The summed E-state index contributed by atoms with van der Waals surface area (Å²) >= 11 is 6.25. The lowest BCUT2D eigenvalue weighted by molar-refractivity contribution is -0.0500. The van der Waals surface area contributed by atoms with E-state index in [9.17, 15) is 26.0 Å². The first-order valence-electron chi connectivity index (χ1n) is 10.6. The first-order valence-corrected chi connectivity index (χ1v) is 12.4. The molecule has 0 amide bonds. The summed E-state index contributed by atoms with van der Waals surface area (Å²) in [6.45, 7) is 7.25. The van der Waals surface area contributed by atoms with Crippen molar-refractivity contribution in [3.05, 3.63) is 94.0 Å². The van der Waals surface area contributed by atoms with Crippen LogP contribution in [0.15, 0.2) is 65.8 Å². The number of benzene rings is 3. The maximum atomic E-state index is 13.7. The lowest BCUT2D eigenvalue weighted by Crippen LogP contribution is -2.33. The number of hydrogen-bond acceptors (Lipinski definition) is 6. The number of hydrazone groups is 1. The maximum Gasteiger partial charge on any atom is 0.534 e. The van der Waals surface area contributed by atoms with Gasteiger partial charge in [0.1, 0.15) is 17.3 Å². The van der Waals surface area contributed by atoms with E-state index in [2.05, 4.69) is 9.03 Å². The minimum absolute atomic E-state index is 0.0354. The fourth-order valence-corrected chi connectivity index (χ4v) is 4.88. The molecular formula is C24H14ClF4N3O4S. The third-order valence-corrected chi connectivity index (χ3v) is 7.16. The van der Waals surface area contributed by atoms with Crippen LogP contribution in [-0.4, -0.2) is 26.2 Å². The normalized spacial score (nSPS) is 18.8. The second kappa shape index (κ2) is 8.93. The molecule has 2 aliphatic heterocycles. The van der Waals surface area contributed by atoms with Crippen LogP contribution >= 0.6 is 11.6 Å². The third-order valence-electron chi connectivity index (χ3n) is 5.88. The van der Waals surface area contributed by atoms with E-state index in [4.69, 9.17) is 28.0 Å². The van der Waals surface area contributed by atoms with Gasteiger partial charge in [-0.2, -0.15) is 26.7 Å². The molecule has 3 aromatic carbocycles. The molecule has 0 fully saturated rings. The molecule has 0 aromatic heterocycles. The molecule has 0 N–H and O–H groups in total. The highest BCUT2D eigenvalue weighted by Crippen LogP contribution is 2.46. The molecule has 3 aromatic rings. The summed E-state index contributed by atoms with van der Waals surface area (Å²) in [5, 5.41) is 6.61. The Morgan fingerprint density at radius 2 is 1.84 bits per heavy atom. The maximum absolute atomic E-state index is 13.7. The summed E-state index contributed by atoms with van der Waals surface area (Å²) in [7, 11) is -5.86. The quantitative estimate of drug-likeness (QED) is 0.166. The summed E-state index contributed by atoms with van der Waals surface area (Å²) < 4.78 is 84.6. The van der Waals surface area contributed by atoms with E-state index in [0.717, 1.165) is 12.1 Å². The topological polar surface area (TPSA) is 72.6 Å². The molecule has 2 unspecified atom stereocenters. The average Bonchev–Trinajstić information content (AvgIpc) is 3.23. The van der Waals surface area contributed by atoms with E-state index in [-0.39, 0.29) is 29.0 Å². The number of hydrogen-bond donors (Lipinski definition) is 0. The van der Waals surface area contributed by atoms with Gasteiger partial charge in [-0.05, 0) is 42.0 Å². The van der Waals surface area contributed by atoms with Gasteiger partial charge in [-0.3, -0.25) is 5.01 Å². The van der Waals surface area contributed by atoms with Crippen LogP contribution in [0.5, 0.6) is 11.5 Å². The van der Waals surface area contributed by atoms with Crippen LogP contribution in [0, 0.1) is 18.3 Å². The average molecular weight is 552 g/mol. The predicted molar refractivity (Wildman–Crippen MR) is 127 cm³/mol. The van der Waals surface area contributed by atoms with E-state index < -0.39 is 33.2 Å². The van der Waals surface area contributed by atoms with Crippen LogP contribution in [0.4, 0.5) is 28.9 Å². The highest BCUT2D eigenvalue weighted by molar-refractivity contribution is 7.88. The minimum atomic E-state index is -5.86. The number of ether oxygens (including phenoxy) is 1. The van der Waals surface area contributed by atoms with Gasteiger partial charge in [-0.15, -0.1) is 0 Å². The van der Waals surface area contributed by atoms with Gasteiger partial charge in [0.2, 0.25) is 5.69 Å². The van der Waals surface area contributed by atoms with E-state index in [0.29, 0.717) is 22.5 Å². The number of anilines is 1. The van der Waals surface area contributed by atoms with E-state index >= 15 is 0 Å². The van der Waals surface area contributed by atoms with Gasteiger partial charge in [0, 0.05) is 16.7 Å². The highest BCUT2D eigenvalue weighted by atomic mass is 35.5. The van der Waals surface area contributed by atoms with E-state index in [1.807, 2.05) is 0 Å². The molecule has 37 heavy (non-hydrogen) atoms. The Bertz CT molecular complexity index is 1570. The van der Waals surface area contributed by atoms with Crippen molar-refractivity contribution in [2.75, 3.05) is 11.6 Å². The summed E-state index contributed by atoms with van der Waals surface area (Å²) in [4.78, 5) is 3.35. The van der Waals surface area contributed by atoms with Crippen molar-refractivity contribution in [1.82, 2.24) is 0 Å². The molecule has 2 atom stereocenters. The Morgan fingerprint density at radius 1 is 1.11 bits per heavy atom. The Morgan fingerprint density at radius 3 is 2.49 bits per heavy atom. The van der Waals surface area contributed by atoms with Crippen LogP contribution < -0.4 is 13.9 Å². The number of halogens is 5. The van der Waals surface area contributed by atoms with Crippen molar-refractivity contribution in [2.45, 2.75) is 11.6 Å².